The molecule has 0 aromatic heterocycles. The monoisotopic (exact) mass is 391 g/mol. The molecule has 2 aromatic carbocycles. The van der Waals surface area contributed by atoms with Crippen LogP contribution in [0.15, 0.2) is 45.3 Å². The molecule has 0 heterocycles. The first kappa shape index (κ1) is 13.8. The van der Waals surface area contributed by atoms with Crippen LogP contribution in [0.4, 0.5) is 10.1 Å². The third kappa shape index (κ3) is 3.46. The summed E-state index contributed by atoms with van der Waals surface area (Å²) in [6.07, 6.45) is 0. The molecule has 0 atom stereocenters. The van der Waals surface area contributed by atoms with Crippen LogP contribution in [0.5, 0.6) is 0 Å². The van der Waals surface area contributed by atoms with Crippen LogP contribution in [0.2, 0.25) is 5.02 Å². The number of nitrogens with one attached hydrogen (secondary N) is 1. The maximum absolute atomic E-state index is 13.3. The second-order valence-corrected chi connectivity index (χ2v) is 5.90. The maximum Gasteiger partial charge on any atom is 0.142 e. The molecule has 0 aliphatic rings. The number of hydrogen-bond donors (Lipinski definition) is 1. The van der Waals surface area contributed by atoms with Gasteiger partial charge < -0.3 is 5.32 Å². The molecule has 0 aliphatic heterocycles. The second kappa shape index (κ2) is 6.04. The van der Waals surface area contributed by atoms with Crippen LogP contribution in [-0.4, -0.2) is 0 Å². The Bertz CT molecular complexity index is 575. The Kier molecular flexibility index (Phi) is 4.65. The normalized spacial score (nSPS) is 10.4. The van der Waals surface area contributed by atoms with E-state index in [-0.39, 0.29) is 5.02 Å². The number of benzene rings is 2. The third-order valence-corrected chi connectivity index (χ3v) is 3.89. The number of anilines is 1. The molecule has 0 saturated carbocycles. The highest BCUT2D eigenvalue weighted by Gasteiger charge is 2.03. The van der Waals surface area contributed by atoms with Gasteiger partial charge in [0, 0.05) is 21.2 Å². The molecular weight excluding hydrogens is 384 g/mol. The summed E-state index contributed by atoms with van der Waals surface area (Å²) in [6, 6.07) is 10.6. The third-order valence-electron chi connectivity index (χ3n) is 2.40. The molecule has 94 valence electrons. The number of hydrogen-bond acceptors (Lipinski definition) is 1. The summed E-state index contributed by atoms with van der Waals surface area (Å²) in [6.45, 7) is 0.531. The largest absolute Gasteiger partial charge is 0.380 e. The minimum Gasteiger partial charge on any atom is -0.380 e. The van der Waals surface area contributed by atoms with Crippen LogP contribution >= 0.6 is 43.5 Å². The molecule has 0 amide bonds. The zero-order chi connectivity index (χ0) is 13.1. The van der Waals surface area contributed by atoms with Crippen LogP contribution in [0.25, 0.3) is 0 Å². The summed E-state index contributed by atoms with van der Waals surface area (Å²) in [5.74, 6) is -0.399. The summed E-state index contributed by atoms with van der Waals surface area (Å²) < 4.78 is 15.2. The minimum absolute atomic E-state index is 0.141. The van der Waals surface area contributed by atoms with Crippen molar-refractivity contribution in [2.45, 2.75) is 6.54 Å². The van der Waals surface area contributed by atoms with Crippen LogP contribution < -0.4 is 5.32 Å². The van der Waals surface area contributed by atoms with E-state index in [1.807, 2.05) is 18.2 Å². The Balaban J connectivity index is 2.11. The first-order chi connectivity index (χ1) is 8.56. The van der Waals surface area contributed by atoms with Gasteiger partial charge in [-0.25, -0.2) is 4.39 Å². The molecular formula is C13H9Br2ClFN. The van der Waals surface area contributed by atoms with Crippen molar-refractivity contribution in [3.63, 3.8) is 0 Å². The van der Waals surface area contributed by atoms with E-state index < -0.39 is 5.82 Å². The van der Waals surface area contributed by atoms with Gasteiger partial charge in [0.1, 0.15) is 5.82 Å². The fourth-order valence-corrected chi connectivity index (χ4v) is 2.35. The van der Waals surface area contributed by atoms with Gasteiger partial charge in [-0.15, -0.1) is 0 Å². The standard InChI is InChI=1S/C13H9Br2ClFN/c14-9-2-3-10(15)13(6-9)18-7-8-1-4-11(16)12(17)5-8/h1-6,18H,7H2. The van der Waals surface area contributed by atoms with E-state index in [2.05, 4.69) is 37.2 Å². The average Bonchev–Trinajstić information content (AvgIpc) is 2.34. The highest BCUT2D eigenvalue weighted by atomic mass is 79.9. The van der Waals surface area contributed by atoms with Gasteiger partial charge >= 0.3 is 0 Å². The number of rotatable bonds is 3. The van der Waals surface area contributed by atoms with Crippen molar-refractivity contribution in [2.75, 3.05) is 5.32 Å². The zero-order valence-electron chi connectivity index (χ0n) is 9.18. The Morgan fingerprint density at radius 2 is 1.89 bits per heavy atom. The van der Waals surface area contributed by atoms with Crippen LogP contribution in [0.1, 0.15) is 5.56 Å². The lowest BCUT2D eigenvalue weighted by Crippen LogP contribution is -2.00. The fourth-order valence-electron chi connectivity index (χ4n) is 1.48. The van der Waals surface area contributed by atoms with E-state index in [1.165, 1.54) is 6.07 Å². The fraction of sp³-hybridized carbons (Fsp3) is 0.0769. The molecule has 2 aromatic rings. The van der Waals surface area contributed by atoms with E-state index >= 15 is 0 Å². The second-order valence-electron chi connectivity index (χ2n) is 3.73. The highest BCUT2D eigenvalue weighted by molar-refractivity contribution is 9.11. The van der Waals surface area contributed by atoms with Gasteiger partial charge in [-0.3, -0.25) is 0 Å². The van der Waals surface area contributed by atoms with Crippen molar-refractivity contribution in [3.05, 3.63) is 61.7 Å². The average molecular weight is 393 g/mol. The topological polar surface area (TPSA) is 12.0 Å². The lowest BCUT2D eigenvalue weighted by atomic mass is 10.2. The lowest BCUT2D eigenvalue weighted by Gasteiger charge is -2.09. The molecule has 0 saturated heterocycles. The SMILES string of the molecule is Fc1cc(CNc2cc(Br)ccc2Br)ccc1Cl. The summed E-state index contributed by atoms with van der Waals surface area (Å²) in [5.41, 5.74) is 1.78. The summed E-state index contributed by atoms with van der Waals surface area (Å²) >= 11 is 12.5. The molecule has 18 heavy (non-hydrogen) atoms. The Labute approximate surface area is 127 Å². The molecule has 1 N–H and O–H groups in total. The molecule has 0 unspecified atom stereocenters. The van der Waals surface area contributed by atoms with Crippen LogP contribution in [0.3, 0.4) is 0 Å². The Hall–Kier alpha value is -0.580. The maximum atomic E-state index is 13.3. The van der Waals surface area contributed by atoms with Crippen molar-refractivity contribution in [3.8, 4) is 0 Å². The van der Waals surface area contributed by atoms with Crippen molar-refractivity contribution >= 4 is 49.1 Å². The molecule has 5 heteroatoms. The van der Waals surface area contributed by atoms with Crippen molar-refractivity contribution < 1.29 is 4.39 Å². The summed E-state index contributed by atoms with van der Waals surface area (Å²) in [5, 5.41) is 3.37. The summed E-state index contributed by atoms with van der Waals surface area (Å²) in [7, 11) is 0. The zero-order valence-corrected chi connectivity index (χ0v) is 13.1. The quantitative estimate of drug-likeness (QED) is 0.714. The first-order valence-electron chi connectivity index (χ1n) is 5.19. The Morgan fingerprint density at radius 3 is 2.61 bits per heavy atom. The van der Waals surface area contributed by atoms with E-state index in [0.717, 1.165) is 20.2 Å². The van der Waals surface area contributed by atoms with Gasteiger partial charge in [-0.2, -0.15) is 0 Å². The molecule has 2 rings (SSSR count). The van der Waals surface area contributed by atoms with Crippen molar-refractivity contribution in [2.24, 2.45) is 0 Å². The molecule has 0 spiro atoms. The Morgan fingerprint density at radius 1 is 1.11 bits per heavy atom. The predicted molar refractivity (Wildman–Crippen MR) is 80.6 cm³/mol. The van der Waals surface area contributed by atoms with E-state index in [0.29, 0.717) is 6.54 Å². The van der Waals surface area contributed by atoms with Crippen molar-refractivity contribution in [1.29, 1.82) is 0 Å². The molecule has 0 fully saturated rings. The molecule has 0 radical (unpaired) electrons. The smallest absolute Gasteiger partial charge is 0.142 e. The molecule has 0 aliphatic carbocycles. The van der Waals surface area contributed by atoms with Crippen LogP contribution in [-0.2, 0) is 6.54 Å². The number of halogens is 4. The van der Waals surface area contributed by atoms with E-state index in [1.54, 1.807) is 12.1 Å². The van der Waals surface area contributed by atoms with Gasteiger partial charge in [-0.1, -0.05) is 33.6 Å². The predicted octanol–water partition coefficient (Wildman–Crippen LogP) is 5.62. The van der Waals surface area contributed by atoms with E-state index in [4.69, 9.17) is 11.6 Å². The highest BCUT2D eigenvalue weighted by Crippen LogP contribution is 2.26. The molecule has 1 nitrogen and oxygen atoms in total. The van der Waals surface area contributed by atoms with Crippen molar-refractivity contribution in [1.82, 2.24) is 0 Å². The summed E-state index contributed by atoms with van der Waals surface area (Å²) in [4.78, 5) is 0. The van der Waals surface area contributed by atoms with Gasteiger partial charge in [-0.05, 0) is 51.8 Å². The first-order valence-corrected chi connectivity index (χ1v) is 7.15. The van der Waals surface area contributed by atoms with Gasteiger partial charge in [0.15, 0.2) is 0 Å². The van der Waals surface area contributed by atoms with Gasteiger partial charge in [0.05, 0.1) is 5.02 Å². The van der Waals surface area contributed by atoms with Crippen LogP contribution in [0, 0.1) is 5.82 Å². The lowest BCUT2D eigenvalue weighted by molar-refractivity contribution is 0.626. The minimum atomic E-state index is -0.399. The van der Waals surface area contributed by atoms with Gasteiger partial charge in [0.25, 0.3) is 0 Å². The van der Waals surface area contributed by atoms with E-state index in [9.17, 15) is 4.39 Å². The molecule has 0 bridgehead atoms. The van der Waals surface area contributed by atoms with Gasteiger partial charge in [0.2, 0.25) is 0 Å².